The van der Waals surface area contributed by atoms with E-state index in [9.17, 15) is 4.79 Å². The molecule has 2 aliphatic heterocycles. The van der Waals surface area contributed by atoms with E-state index in [-0.39, 0.29) is 12.2 Å². The van der Waals surface area contributed by atoms with Gasteiger partial charge in [-0.15, -0.1) is 11.3 Å². The smallest absolute Gasteiger partial charge is 0.410 e. The Bertz CT molecular complexity index is 1420. The van der Waals surface area contributed by atoms with Crippen molar-refractivity contribution < 1.29 is 19.0 Å². The van der Waals surface area contributed by atoms with Crippen molar-refractivity contribution in [1.82, 2.24) is 19.7 Å². The number of hydrogen-bond acceptors (Lipinski definition) is 9. The van der Waals surface area contributed by atoms with Gasteiger partial charge in [0, 0.05) is 90.5 Å². The first-order valence-electron chi connectivity index (χ1n) is 16.5. The Morgan fingerprint density at radius 2 is 1.56 bits per heavy atom. The van der Waals surface area contributed by atoms with Gasteiger partial charge in [0.25, 0.3) is 0 Å². The fourth-order valence-corrected chi connectivity index (χ4v) is 7.23. The fourth-order valence-electron chi connectivity index (χ4n) is 6.23. The van der Waals surface area contributed by atoms with Gasteiger partial charge in [-0.2, -0.15) is 0 Å². The van der Waals surface area contributed by atoms with E-state index in [0.29, 0.717) is 12.2 Å². The molecule has 10 heteroatoms. The first-order valence-corrected chi connectivity index (χ1v) is 17.3. The van der Waals surface area contributed by atoms with Gasteiger partial charge in [0.15, 0.2) is 0 Å². The lowest BCUT2D eigenvalue weighted by molar-refractivity contribution is -0.110. The largest absolute Gasteiger partial charge is 0.490 e. The van der Waals surface area contributed by atoms with Crippen LogP contribution in [0.1, 0.15) is 46.5 Å². The normalized spacial score (nSPS) is 21.9. The zero-order chi connectivity index (χ0) is 31.6. The lowest BCUT2D eigenvalue weighted by Gasteiger charge is -2.40. The monoisotopic (exact) mass is 635 g/mol. The molecule has 1 saturated carbocycles. The Morgan fingerprint density at radius 3 is 2.20 bits per heavy atom. The minimum absolute atomic E-state index is 0.192. The Balaban J connectivity index is 0.871. The summed E-state index contributed by atoms with van der Waals surface area (Å²) in [5.74, 6) is 0.920. The van der Waals surface area contributed by atoms with Crippen LogP contribution in [0, 0.1) is 0 Å². The summed E-state index contributed by atoms with van der Waals surface area (Å²) in [4.78, 5) is 26.1. The van der Waals surface area contributed by atoms with Crippen molar-refractivity contribution in [2.24, 2.45) is 0 Å². The third-order valence-electron chi connectivity index (χ3n) is 9.02. The van der Waals surface area contributed by atoms with Crippen molar-refractivity contribution in [3.8, 4) is 16.3 Å². The molecule has 1 aliphatic carbocycles. The molecule has 1 aromatic heterocycles. The summed E-state index contributed by atoms with van der Waals surface area (Å²) in [5, 5.41) is 1.04. The van der Waals surface area contributed by atoms with Crippen LogP contribution in [0.3, 0.4) is 0 Å². The molecule has 0 spiro atoms. The van der Waals surface area contributed by atoms with Gasteiger partial charge in [-0.25, -0.2) is 9.78 Å². The Kier molecular flexibility index (Phi) is 9.85. The molecule has 244 valence electrons. The van der Waals surface area contributed by atoms with Crippen LogP contribution in [0.2, 0.25) is 0 Å². The third kappa shape index (κ3) is 8.47. The molecular weight excluding hydrogens is 586 g/mol. The minimum Gasteiger partial charge on any atom is -0.490 e. The summed E-state index contributed by atoms with van der Waals surface area (Å²) in [6.45, 7) is 13.4. The van der Waals surface area contributed by atoms with Crippen molar-refractivity contribution in [3.05, 3.63) is 42.5 Å². The highest BCUT2D eigenvalue weighted by Crippen LogP contribution is 2.35. The second kappa shape index (κ2) is 13.8. The topological polar surface area (TPSA) is 70.6 Å². The number of likely N-dealkylation sites (tertiary alicyclic amines) is 1. The number of carbonyl (C=O) groups is 1. The number of piperidine rings is 1. The lowest BCUT2D eigenvalue weighted by Crippen LogP contribution is -2.52. The zero-order valence-corrected chi connectivity index (χ0v) is 28.4. The lowest BCUT2D eigenvalue weighted by atomic mass is 9.91. The molecule has 3 heterocycles. The highest BCUT2D eigenvalue weighted by atomic mass is 32.1. The van der Waals surface area contributed by atoms with E-state index >= 15 is 0 Å². The van der Waals surface area contributed by atoms with Gasteiger partial charge in [0.2, 0.25) is 0 Å². The van der Waals surface area contributed by atoms with Crippen LogP contribution in [0.5, 0.6) is 5.75 Å². The number of piperazine rings is 1. The van der Waals surface area contributed by atoms with Crippen molar-refractivity contribution in [2.75, 3.05) is 71.4 Å². The summed E-state index contributed by atoms with van der Waals surface area (Å²) < 4.78 is 19.5. The first kappa shape index (κ1) is 32.0. The highest BCUT2D eigenvalue weighted by molar-refractivity contribution is 7.21. The number of rotatable bonds is 9. The molecule has 0 N–H and O–H groups in total. The number of amides is 1. The van der Waals surface area contributed by atoms with E-state index in [1.54, 1.807) is 11.3 Å². The van der Waals surface area contributed by atoms with Crippen molar-refractivity contribution in [3.63, 3.8) is 0 Å². The van der Waals surface area contributed by atoms with E-state index < -0.39 is 5.60 Å². The van der Waals surface area contributed by atoms with Crippen LogP contribution in [0.4, 0.5) is 10.5 Å². The molecule has 0 unspecified atom stereocenters. The predicted octanol–water partition coefficient (Wildman–Crippen LogP) is 5.97. The van der Waals surface area contributed by atoms with Gasteiger partial charge in [-0.3, -0.25) is 4.90 Å². The van der Waals surface area contributed by atoms with Crippen molar-refractivity contribution >= 4 is 33.3 Å². The van der Waals surface area contributed by atoms with Gasteiger partial charge in [0.05, 0.1) is 22.4 Å². The molecule has 0 radical (unpaired) electrons. The maximum Gasteiger partial charge on any atom is 0.410 e. The van der Waals surface area contributed by atoms with Crippen molar-refractivity contribution in [1.29, 1.82) is 0 Å². The van der Waals surface area contributed by atoms with E-state index in [0.717, 1.165) is 105 Å². The number of carbonyl (C=O) groups excluding carboxylic acids is 1. The minimum atomic E-state index is -0.443. The third-order valence-corrected chi connectivity index (χ3v) is 10.1. The molecule has 3 aliphatic rings. The van der Waals surface area contributed by atoms with Crippen LogP contribution in [-0.2, 0) is 9.47 Å². The number of anilines is 1. The van der Waals surface area contributed by atoms with E-state index in [4.69, 9.17) is 19.2 Å². The number of thiazole rings is 1. The highest BCUT2D eigenvalue weighted by Gasteiger charge is 2.35. The average molecular weight is 636 g/mol. The SMILES string of the molecule is CN(C)c1ccc(-c2nc3ccc(OC4CC(OC5CCN(CCN6CCN(C(=O)OC(C)(C)C)CC6)CC5)C4)cc3s2)cc1. The number of fused-ring (bicyclic) bond motifs is 1. The molecule has 3 aromatic rings. The van der Waals surface area contributed by atoms with Crippen LogP contribution in [0.15, 0.2) is 42.5 Å². The van der Waals surface area contributed by atoms with Gasteiger partial charge in [0.1, 0.15) is 22.5 Å². The Labute approximate surface area is 272 Å². The molecule has 45 heavy (non-hydrogen) atoms. The maximum absolute atomic E-state index is 12.3. The van der Waals surface area contributed by atoms with E-state index in [1.165, 1.54) is 5.69 Å². The number of benzene rings is 2. The molecule has 0 atom stereocenters. The molecule has 2 saturated heterocycles. The molecule has 1 amide bonds. The van der Waals surface area contributed by atoms with Gasteiger partial charge < -0.3 is 28.9 Å². The summed E-state index contributed by atoms with van der Waals surface area (Å²) in [6.07, 6.45) is 4.78. The zero-order valence-electron chi connectivity index (χ0n) is 27.5. The second-order valence-corrected chi connectivity index (χ2v) is 14.9. The maximum atomic E-state index is 12.3. The average Bonchev–Trinajstić information content (AvgIpc) is 3.43. The summed E-state index contributed by atoms with van der Waals surface area (Å²) in [7, 11) is 4.11. The Hall–Kier alpha value is -2.92. The molecule has 9 nitrogen and oxygen atoms in total. The van der Waals surface area contributed by atoms with Gasteiger partial charge >= 0.3 is 6.09 Å². The Morgan fingerprint density at radius 1 is 0.889 bits per heavy atom. The second-order valence-electron chi connectivity index (χ2n) is 13.9. The first-order chi connectivity index (χ1) is 21.6. The standard InChI is InChI=1S/C35H49N5O4S/c1-35(2,3)44-34(41)40-20-18-39(19-21-40)17-16-38-14-12-27(13-15-38)42-29-22-30(23-29)43-28-10-11-31-32(24-28)45-33(36-31)25-6-8-26(9-7-25)37(4)5/h6-11,24,27,29-30H,12-23H2,1-5H3. The van der Waals surface area contributed by atoms with Crippen LogP contribution >= 0.6 is 11.3 Å². The predicted molar refractivity (Wildman–Crippen MR) is 182 cm³/mol. The summed E-state index contributed by atoms with van der Waals surface area (Å²) in [5.41, 5.74) is 2.90. The quantitative estimate of drug-likeness (QED) is 0.285. The molecule has 0 bridgehead atoms. The number of ether oxygens (including phenoxy) is 3. The number of nitrogens with zero attached hydrogens (tertiary/aromatic N) is 5. The number of hydrogen-bond donors (Lipinski definition) is 0. The summed E-state index contributed by atoms with van der Waals surface area (Å²) >= 11 is 1.71. The van der Waals surface area contributed by atoms with Crippen LogP contribution in [0.25, 0.3) is 20.8 Å². The molecule has 3 fully saturated rings. The van der Waals surface area contributed by atoms with Crippen LogP contribution in [-0.4, -0.2) is 116 Å². The molecule has 2 aromatic carbocycles. The van der Waals surface area contributed by atoms with E-state index in [1.807, 2.05) is 31.7 Å². The fraction of sp³-hybridized carbons (Fsp3) is 0.600. The van der Waals surface area contributed by atoms with Crippen LogP contribution < -0.4 is 9.64 Å². The van der Waals surface area contributed by atoms with Crippen molar-refractivity contribution in [2.45, 2.75) is 70.4 Å². The van der Waals surface area contributed by atoms with Gasteiger partial charge in [-0.1, -0.05) is 0 Å². The van der Waals surface area contributed by atoms with Gasteiger partial charge in [-0.05, 0) is 76.1 Å². The number of aromatic nitrogens is 1. The molecule has 6 rings (SSSR count). The summed E-state index contributed by atoms with van der Waals surface area (Å²) in [6, 6.07) is 14.8. The van der Waals surface area contributed by atoms with E-state index in [2.05, 4.69) is 65.2 Å². The molecular formula is C35H49N5O4S.